The number of amides is 3. The van der Waals surface area contributed by atoms with Crippen molar-refractivity contribution >= 4 is 23.4 Å². The third kappa shape index (κ3) is 2.99. The number of hydrogen-bond acceptors (Lipinski definition) is 4. The SMILES string of the molecule is O=C1NN(c2cccc(C(=O)N3CCOCC3)c2)C(=O)C2CC=CCC12. The van der Waals surface area contributed by atoms with Gasteiger partial charge in [0.2, 0.25) is 11.8 Å². The molecule has 1 aromatic carbocycles. The van der Waals surface area contributed by atoms with Crippen molar-refractivity contribution in [3.63, 3.8) is 0 Å². The van der Waals surface area contributed by atoms with Crippen molar-refractivity contribution in [1.82, 2.24) is 10.3 Å². The van der Waals surface area contributed by atoms with Crippen LogP contribution in [0.1, 0.15) is 23.2 Å². The molecular weight excluding hydrogens is 334 g/mol. The number of fused-ring (bicyclic) bond motifs is 1. The van der Waals surface area contributed by atoms with Crippen LogP contribution < -0.4 is 10.4 Å². The van der Waals surface area contributed by atoms with E-state index in [0.717, 1.165) is 0 Å². The summed E-state index contributed by atoms with van der Waals surface area (Å²) in [6, 6.07) is 6.85. The molecule has 2 unspecified atom stereocenters. The summed E-state index contributed by atoms with van der Waals surface area (Å²) in [5.74, 6) is -1.02. The first-order chi connectivity index (χ1) is 12.6. The van der Waals surface area contributed by atoms with Gasteiger partial charge < -0.3 is 9.64 Å². The molecule has 2 fully saturated rings. The standard InChI is InChI=1S/C19H21N3O4/c23-17-15-6-1-2-7-16(15)19(25)22(20-17)14-5-3-4-13(12-14)18(24)21-8-10-26-11-9-21/h1-5,12,15-16H,6-11H2,(H,20,23). The first kappa shape index (κ1) is 16.8. The predicted molar refractivity (Wildman–Crippen MR) is 94.1 cm³/mol. The number of hydrogen-bond donors (Lipinski definition) is 1. The minimum Gasteiger partial charge on any atom is -0.378 e. The van der Waals surface area contributed by atoms with Crippen LogP contribution in [0, 0.1) is 11.8 Å². The Balaban J connectivity index is 1.58. The van der Waals surface area contributed by atoms with Gasteiger partial charge in [-0.25, -0.2) is 5.01 Å². The van der Waals surface area contributed by atoms with Gasteiger partial charge in [-0.2, -0.15) is 0 Å². The molecule has 26 heavy (non-hydrogen) atoms. The summed E-state index contributed by atoms with van der Waals surface area (Å²) in [6.07, 6.45) is 5.06. The quantitative estimate of drug-likeness (QED) is 0.807. The second-order valence-corrected chi connectivity index (χ2v) is 6.76. The Hall–Kier alpha value is -2.67. The highest BCUT2D eigenvalue weighted by Crippen LogP contribution is 2.32. The summed E-state index contributed by atoms with van der Waals surface area (Å²) in [6.45, 7) is 2.17. The van der Waals surface area contributed by atoms with Gasteiger partial charge in [0.25, 0.3) is 5.91 Å². The number of benzene rings is 1. The third-order valence-electron chi connectivity index (χ3n) is 5.18. The number of rotatable bonds is 2. The van der Waals surface area contributed by atoms with Crippen LogP contribution >= 0.6 is 0 Å². The van der Waals surface area contributed by atoms with Crippen molar-refractivity contribution in [3.05, 3.63) is 42.0 Å². The van der Waals surface area contributed by atoms with Gasteiger partial charge in [0.15, 0.2) is 0 Å². The molecule has 3 aliphatic rings. The maximum Gasteiger partial charge on any atom is 0.254 e. The molecular formula is C19H21N3O4. The summed E-state index contributed by atoms with van der Waals surface area (Å²) >= 11 is 0. The van der Waals surface area contributed by atoms with E-state index in [-0.39, 0.29) is 29.6 Å². The maximum absolute atomic E-state index is 12.9. The Morgan fingerprint density at radius 3 is 2.58 bits per heavy atom. The van der Waals surface area contributed by atoms with Crippen LogP contribution in [-0.4, -0.2) is 48.9 Å². The summed E-state index contributed by atoms with van der Waals surface area (Å²) in [5.41, 5.74) is 3.70. The molecule has 7 heteroatoms. The summed E-state index contributed by atoms with van der Waals surface area (Å²) in [5, 5.41) is 1.29. The normalized spacial score (nSPS) is 25.7. The van der Waals surface area contributed by atoms with Crippen LogP contribution in [-0.2, 0) is 14.3 Å². The lowest BCUT2D eigenvalue weighted by Gasteiger charge is -2.38. The lowest BCUT2D eigenvalue weighted by molar-refractivity contribution is -0.139. The zero-order valence-electron chi connectivity index (χ0n) is 14.4. The first-order valence-electron chi connectivity index (χ1n) is 8.91. The Labute approximate surface area is 151 Å². The number of ether oxygens (including phenoxy) is 1. The minimum absolute atomic E-state index is 0.0931. The molecule has 0 aromatic heterocycles. The van der Waals surface area contributed by atoms with E-state index in [9.17, 15) is 14.4 Å². The molecule has 1 aromatic rings. The molecule has 136 valence electrons. The van der Waals surface area contributed by atoms with Gasteiger partial charge in [0, 0.05) is 18.7 Å². The molecule has 1 N–H and O–H groups in total. The second-order valence-electron chi connectivity index (χ2n) is 6.76. The molecule has 4 rings (SSSR count). The number of carbonyl (C=O) groups excluding carboxylic acids is 3. The Morgan fingerprint density at radius 2 is 1.81 bits per heavy atom. The van der Waals surface area contributed by atoms with Crippen LogP contribution in [0.15, 0.2) is 36.4 Å². The molecule has 7 nitrogen and oxygen atoms in total. The molecule has 0 bridgehead atoms. The molecule has 0 saturated carbocycles. The van der Waals surface area contributed by atoms with Gasteiger partial charge in [-0.1, -0.05) is 18.2 Å². The fourth-order valence-corrected chi connectivity index (χ4v) is 3.71. The average molecular weight is 355 g/mol. The van der Waals surface area contributed by atoms with Gasteiger partial charge in [0.1, 0.15) is 0 Å². The van der Waals surface area contributed by atoms with Gasteiger partial charge >= 0.3 is 0 Å². The molecule has 2 aliphatic heterocycles. The Bertz CT molecular complexity index is 770. The van der Waals surface area contributed by atoms with Crippen molar-refractivity contribution in [2.24, 2.45) is 11.8 Å². The maximum atomic E-state index is 12.9. The van der Waals surface area contributed by atoms with E-state index in [4.69, 9.17) is 4.74 Å². The van der Waals surface area contributed by atoms with Crippen molar-refractivity contribution < 1.29 is 19.1 Å². The van der Waals surface area contributed by atoms with E-state index < -0.39 is 0 Å². The van der Waals surface area contributed by atoms with E-state index in [1.165, 1.54) is 5.01 Å². The van der Waals surface area contributed by atoms with Crippen LogP contribution in [0.4, 0.5) is 5.69 Å². The summed E-state index contributed by atoms with van der Waals surface area (Å²) < 4.78 is 5.28. The Morgan fingerprint density at radius 1 is 1.08 bits per heavy atom. The van der Waals surface area contributed by atoms with Crippen LogP contribution in [0.25, 0.3) is 0 Å². The van der Waals surface area contributed by atoms with Crippen LogP contribution in [0.5, 0.6) is 0 Å². The van der Waals surface area contributed by atoms with Gasteiger partial charge in [0.05, 0.1) is 30.7 Å². The van der Waals surface area contributed by atoms with Crippen molar-refractivity contribution in [2.45, 2.75) is 12.8 Å². The van der Waals surface area contributed by atoms with Crippen LogP contribution in [0.3, 0.4) is 0 Å². The number of anilines is 1. The lowest BCUT2D eigenvalue weighted by Crippen LogP contribution is -2.59. The third-order valence-corrected chi connectivity index (χ3v) is 5.18. The number of morpholine rings is 1. The van der Waals surface area contributed by atoms with Crippen LogP contribution in [0.2, 0.25) is 0 Å². The molecule has 3 amide bonds. The number of hydrazine groups is 1. The van der Waals surface area contributed by atoms with Gasteiger partial charge in [-0.15, -0.1) is 0 Å². The highest BCUT2D eigenvalue weighted by atomic mass is 16.5. The van der Waals surface area contributed by atoms with E-state index in [1.54, 1.807) is 29.2 Å². The van der Waals surface area contributed by atoms with Gasteiger partial charge in [-0.3, -0.25) is 19.8 Å². The van der Waals surface area contributed by atoms with E-state index in [2.05, 4.69) is 5.43 Å². The van der Waals surface area contributed by atoms with Crippen molar-refractivity contribution in [3.8, 4) is 0 Å². The van der Waals surface area contributed by atoms with Crippen molar-refractivity contribution in [1.29, 1.82) is 0 Å². The molecule has 0 spiro atoms. The highest BCUT2D eigenvalue weighted by molar-refractivity contribution is 6.05. The highest BCUT2D eigenvalue weighted by Gasteiger charge is 2.42. The largest absolute Gasteiger partial charge is 0.378 e. The second kappa shape index (κ2) is 6.92. The first-order valence-corrected chi connectivity index (χ1v) is 8.91. The number of allylic oxidation sites excluding steroid dienone is 2. The topological polar surface area (TPSA) is 79.0 Å². The fraction of sp³-hybridized carbons (Fsp3) is 0.421. The molecule has 2 atom stereocenters. The molecule has 0 radical (unpaired) electrons. The smallest absolute Gasteiger partial charge is 0.254 e. The zero-order chi connectivity index (χ0) is 18.1. The predicted octanol–water partition coefficient (Wildman–Crippen LogP) is 1.12. The number of nitrogens with one attached hydrogen (secondary N) is 1. The Kier molecular flexibility index (Phi) is 4.46. The number of carbonyl (C=O) groups is 3. The average Bonchev–Trinajstić information content (AvgIpc) is 2.71. The number of nitrogens with zero attached hydrogens (tertiary/aromatic N) is 2. The fourth-order valence-electron chi connectivity index (χ4n) is 3.71. The zero-order valence-corrected chi connectivity index (χ0v) is 14.4. The van der Waals surface area contributed by atoms with E-state index >= 15 is 0 Å². The lowest BCUT2D eigenvalue weighted by atomic mass is 9.80. The minimum atomic E-state index is -0.340. The van der Waals surface area contributed by atoms with E-state index in [0.29, 0.717) is 50.4 Å². The summed E-state index contributed by atoms with van der Waals surface area (Å²) in [4.78, 5) is 39.7. The molecule has 2 heterocycles. The molecule has 1 aliphatic carbocycles. The van der Waals surface area contributed by atoms with E-state index in [1.807, 2.05) is 12.2 Å². The van der Waals surface area contributed by atoms with Crippen molar-refractivity contribution in [2.75, 3.05) is 31.3 Å². The van der Waals surface area contributed by atoms with Gasteiger partial charge in [-0.05, 0) is 31.0 Å². The monoisotopic (exact) mass is 355 g/mol. The molecule has 2 saturated heterocycles. The summed E-state index contributed by atoms with van der Waals surface area (Å²) in [7, 11) is 0.